The van der Waals surface area contributed by atoms with Gasteiger partial charge < -0.3 is 9.84 Å². The maximum atomic E-state index is 9.76. The van der Waals surface area contributed by atoms with Gasteiger partial charge in [-0.1, -0.05) is 13.8 Å². The van der Waals surface area contributed by atoms with E-state index in [2.05, 4.69) is 13.8 Å². The molecule has 1 N–H and O–H groups in total. The zero-order chi connectivity index (χ0) is 8.65. The van der Waals surface area contributed by atoms with Gasteiger partial charge in [0.2, 0.25) is 0 Å². The Bertz CT molecular complexity index is 140. The Hall–Kier alpha value is -0.0800. The lowest BCUT2D eigenvalue weighted by Gasteiger charge is -2.25. The van der Waals surface area contributed by atoms with Crippen molar-refractivity contribution in [2.24, 2.45) is 11.8 Å². The lowest BCUT2D eigenvalue weighted by Crippen LogP contribution is -2.36. The average molecular weight is 158 g/mol. The van der Waals surface area contributed by atoms with Crippen molar-refractivity contribution in [2.75, 3.05) is 6.61 Å². The third-order valence-corrected chi connectivity index (χ3v) is 2.62. The van der Waals surface area contributed by atoms with Crippen LogP contribution in [0, 0.1) is 11.8 Å². The van der Waals surface area contributed by atoms with Gasteiger partial charge in [0, 0.05) is 5.92 Å². The summed E-state index contributed by atoms with van der Waals surface area (Å²) in [6.07, 6.45) is -0.303. The molecule has 0 aromatic carbocycles. The minimum Gasteiger partial charge on any atom is -0.390 e. The molecule has 2 nitrogen and oxygen atoms in total. The highest BCUT2D eigenvalue weighted by Gasteiger charge is 2.43. The van der Waals surface area contributed by atoms with Crippen molar-refractivity contribution < 1.29 is 9.84 Å². The van der Waals surface area contributed by atoms with Crippen LogP contribution < -0.4 is 0 Å². The van der Waals surface area contributed by atoms with Crippen molar-refractivity contribution in [3.05, 3.63) is 0 Å². The lowest BCUT2D eigenvalue weighted by molar-refractivity contribution is -0.0324. The van der Waals surface area contributed by atoms with Crippen LogP contribution in [0.5, 0.6) is 0 Å². The Labute approximate surface area is 68.6 Å². The molecule has 1 saturated heterocycles. The standard InChI is InChI=1S/C9H18O2/c1-6(2)7-5-11-9(3,4)8(7)10/h6-8,10H,5H2,1-4H3. The molecule has 1 heterocycles. The highest BCUT2D eigenvalue weighted by Crippen LogP contribution is 2.33. The van der Waals surface area contributed by atoms with Crippen LogP contribution in [0.2, 0.25) is 0 Å². The van der Waals surface area contributed by atoms with Crippen molar-refractivity contribution in [3.63, 3.8) is 0 Å². The summed E-state index contributed by atoms with van der Waals surface area (Å²) < 4.78 is 5.48. The van der Waals surface area contributed by atoms with Crippen LogP contribution >= 0.6 is 0 Å². The van der Waals surface area contributed by atoms with Gasteiger partial charge in [-0.05, 0) is 19.8 Å². The number of hydrogen-bond donors (Lipinski definition) is 1. The molecule has 2 unspecified atom stereocenters. The molecule has 66 valence electrons. The molecule has 1 aliphatic rings. The first kappa shape index (κ1) is 9.01. The minimum atomic E-state index is -0.338. The van der Waals surface area contributed by atoms with Crippen LogP contribution in [-0.2, 0) is 4.74 Å². The summed E-state index contributed by atoms with van der Waals surface area (Å²) in [6.45, 7) is 8.84. The van der Waals surface area contributed by atoms with Crippen LogP contribution in [0.3, 0.4) is 0 Å². The van der Waals surface area contributed by atoms with E-state index < -0.39 is 0 Å². The summed E-state index contributed by atoms with van der Waals surface area (Å²) in [7, 11) is 0. The molecular formula is C9H18O2. The summed E-state index contributed by atoms with van der Waals surface area (Å²) in [5, 5.41) is 9.76. The van der Waals surface area contributed by atoms with Crippen LogP contribution in [0.1, 0.15) is 27.7 Å². The van der Waals surface area contributed by atoms with Gasteiger partial charge in [-0.15, -0.1) is 0 Å². The summed E-state index contributed by atoms with van der Waals surface area (Å²) in [4.78, 5) is 0. The molecule has 0 amide bonds. The molecule has 0 aromatic heterocycles. The zero-order valence-electron chi connectivity index (χ0n) is 7.79. The third kappa shape index (κ3) is 1.57. The fourth-order valence-corrected chi connectivity index (χ4v) is 1.56. The van der Waals surface area contributed by atoms with E-state index in [1.54, 1.807) is 0 Å². The Kier molecular flexibility index (Phi) is 2.26. The van der Waals surface area contributed by atoms with Gasteiger partial charge in [-0.2, -0.15) is 0 Å². The van der Waals surface area contributed by atoms with Crippen molar-refractivity contribution in [1.29, 1.82) is 0 Å². The van der Waals surface area contributed by atoms with E-state index in [1.165, 1.54) is 0 Å². The number of rotatable bonds is 1. The van der Waals surface area contributed by atoms with E-state index in [0.29, 0.717) is 18.4 Å². The summed E-state index contributed by atoms with van der Waals surface area (Å²) >= 11 is 0. The normalized spacial score (nSPS) is 36.5. The second-order valence-electron chi connectivity index (χ2n) is 4.27. The number of aliphatic hydroxyl groups is 1. The SMILES string of the molecule is CC(C)C1COC(C)(C)C1O. The van der Waals surface area contributed by atoms with Crippen LogP contribution in [0.25, 0.3) is 0 Å². The molecule has 1 rings (SSSR count). The van der Waals surface area contributed by atoms with Crippen molar-refractivity contribution in [3.8, 4) is 0 Å². The first-order valence-corrected chi connectivity index (χ1v) is 4.27. The summed E-state index contributed by atoms with van der Waals surface area (Å²) in [5.41, 5.74) is -0.338. The van der Waals surface area contributed by atoms with Gasteiger partial charge in [0.25, 0.3) is 0 Å². The van der Waals surface area contributed by atoms with Crippen molar-refractivity contribution in [2.45, 2.75) is 39.4 Å². The summed E-state index contributed by atoms with van der Waals surface area (Å²) in [6, 6.07) is 0. The molecule has 0 saturated carbocycles. The molecule has 0 bridgehead atoms. The Morgan fingerprint density at radius 3 is 2.18 bits per heavy atom. The number of aliphatic hydroxyl groups excluding tert-OH is 1. The van der Waals surface area contributed by atoms with Crippen LogP contribution in [-0.4, -0.2) is 23.4 Å². The number of hydrogen-bond acceptors (Lipinski definition) is 2. The lowest BCUT2D eigenvalue weighted by atomic mass is 9.86. The van der Waals surface area contributed by atoms with E-state index >= 15 is 0 Å². The molecule has 0 aliphatic carbocycles. The van der Waals surface area contributed by atoms with E-state index in [-0.39, 0.29) is 11.7 Å². The molecule has 2 atom stereocenters. The first-order valence-electron chi connectivity index (χ1n) is 4.27. The Morgan fingerprint density at radius 1 is 1.45 bits per heavy atom. The molecule has 2 heteroatoms. The second-order valence-corrected chi connectivity index (χ2v) is 4.27. The van der Waals surface area contributed by atoms with Gasteiger partial charge in [-0.25, -0.2) is 0 Å². The fraction of sp³-hybridized carbons (Fsp3) is 1.00. The predicted octanol–water partition coefficient (Wildman–Crippen LogP) is 1.43. The molecule has 11 heavy (non-hydrogen) atoms. The summed E-state index contributed by atoms with van der Waals surface area (Å²) in [5.74, 6) is 0.816. The van der Waals surface area contributed by atoms with Crippen LogP contribution in [0.15, 0.2) is 0 Å². The van der Waals surface area contributed by atoms with E-state index in [4.69, 9.17) is 4.74 Å². The number of ether oxygens (including phenoxy) is 1. The van der Waals surface area contributed by atoms with E-state index in [0.717, 1.165) is 0 Å². The van der Waals surface area contributed by atoms with E-state index in [9.17, 15) is 5.11 Å². The molecule has 0 aromatic rings. The molecule has 0 radical (unpaired) electrons. The molecule has 0 spiro atoms. The quantitative estimate of drug-likeness (QED) is 0.625. The monoisotopic (exact) mass is 158 g/mol. The average Bonchev–Trinajstić information content (AvgIpc) is 2.09. The Morgan fingerprint density at radius 2 is 2.00 bits per heavy atom. The van der Waals surface area contributed by atoms with Gasteiger partial charge >= 0.3 is 0 Å². The minimum absolute atomic E-state index is 0.303. The highest BCUT2D eigenvalue weighted by molar-refractivity contribution is 4.91. The topological polar surface area (TPSA) is 29.5 Å². The Balaban J connectivity index is 2.63. The molecular weight excluding hydrogens is 140 g/mol. The van der Waals surface area contributed by atoms with E-state index in [1.807, 2.05) is 13.8 Å². The van der Waals surface area contributed by atoms with Gasteiger partial charge in [0.05, 0.1) is 18.3 Å². The maximum absolute atomic E-state index is 9.76. The fourth-order valence-electron chi connectivity index (χ4n) is 1.56. The molecule has 1 fully saturated rings. The smallest absolute Gasteiger partial charge is 0.0888 e. The third-order valence-electron chi connectivity index (χ3n) is 2.62. The maximum Gasteiger partial charge on any atom is 0.0888 e. The second kappa shape index (κ2) is 2.76. The zero-order valence-corrected chi connectivity index (χ0v) is 7.79. The van der Waals surface area contributed by atoms with Crippen molar-refractivity contribution >= 4 is 0 Å². The molecule has 1 aliphatic heterocycles. The predicted molar refractivity (Wildman–Crippen MR) is 44.4 cm³/mol. The first-order chi connectivity index (χ1) is 4.95. The van der Waals surface area contributed by atoms with Crippen molar-refractivity contribution in [1.82, 2.24) is 0 Å². The highest BCUT2D eigenvalue weighted by atomic mass is 16.5. The van der Waals surface area contributed by atoms with Gasteiger partial charge in [0.1, 0.15) is 0 Å². The van der Waals surface area contributed by atoms with Gasteiger partial charge in [0.15, 0.2) is 0 Å². The van der Waals surface area contributed by atoms with Gasteiger partial charge in [-0.3, -0.25) is 0 Å². The largest absolute Gasteiger partial charge is 0.390 e. The van der Waals surface area contributed by atoms with Crippen LogP contribution in [0.4, 0.5) is 0 Å².